The average molecular weight is 295 g/mol. The van der Waals surface area contributed by atoms with E-state index in [9.17, 15) is 4.79 Å². The van der Waals surface area contributed by atoms with Crippen LogP contribution in [0.2, 0.25) is 10.0 Å². The maximum Gasteiger partial charge on any atom is 0.229 e. The molecule has 19 heavy (non-hydrogen) atoms. The van der Waals surface area contributed by atoms with E-state index in [1.165, 1.54) is 0 Å². The number of nitrogens with one attached hydrogen (secondary N) is 1. The Kier molecular flexibility index (Phi) is 4.40. The molecule has 2 rings (SSSR count). The number of benzene rings is 1. The van der Waals surface area contributed by atoms with Crippen LogP contribution >= 0.6 is 23.2 Å². The van der Waals surface area contributed by atoms with E-state index in [-0.39, 0.29) is 12.3 Å². The Labute approximate surface area is 121 Å². The second-order valence-corrected chi connectivity index (χ2v) is 5.01. The van der Waals surface area contributed by atoms with Crippen molar-refractivity contribution in [1.82, 2.24) is 4.98 Å². The molecule has 2 aromatic rings. The Morgan fingerprint density at radius 2 is 2.00 bits per heavy atom. The molecule has 1 N–H and O–H groups in total. The molecule has 0 spiro atoms. The third kappa shape index (κ3) is 3.94. The molecule has 1 heterocycles. The predicted octanol–water partition coefficient (Wildman–Crippen LogP) is 3.88. The van der Waals surface area contributed by atoms with Crippen molar-refractivity contribution in [2.45, 2.75) is 13.3 Å². The highest BCUT2D eigenvalue weighted by molar-refractivity contribution is 6.42. The number of aryl methyl sites for hydroxylation is 1. The highest BCUT2D eigenvalue weighted by Gasteiger charge is 2.06. The molecule has 98 valence electrons. The topological polar surface area (TPSA) is 42.0 Å². The van der Waals surface area contributed by atoms with Crippen molar-refractivity contribution in [2.24, 2.45) is 0 Å². The van der Waals surface area contributed by atoms with E-state index in [2.05, 4.69) is 10.3 Å². The van der Waals surface area contributed by atoms with E-state index in [1.807, 2.05) is 13.0 Å². The Balaban J connectivity index is 2.01. The first kappa shape index (κ1) is 13.8. The molecule has 0 unspecified atom stereocenters. The largest absolute Gasteiger partial charge is 0.310 e. The number of aromatic nitrogens is 1. The van der Waals surface area contributed by atoms with Gasteiger partial charge in [-0.3, -0.25) is 4.79 Å². The van der Waals surface area contributed by atoms with Crippen molar-refractivity contribution in [1.29, 1.82) is 0 Å². The molecule has 0 saturated carbocycles. The zero-order chi connectivity index (χ0) is 13.8. The number of nitrogens with zero attached hydrogens (tertiary/aromatic N) is 1. The first-order valence-electron chi connectivity index (χ1n) is 5.71. The van der Waals surface area contributed by atoms with Crippen LogP contribution in [0.15, 0.2) is 36.5 Å². The van der Waals surface area contributed by atoms with Crippen LogP contribution in [0.1, 0.15) is 11.1 Å². The molecule has 0 atom stereocenters. The van der Waals surface area contributed by atoms with E-state index in [4.69, 9.17) is 23.2 Å². The highest BCUT2D eigenvalue weighted by Crippen LogP contribution is 2.22. The fourth-order valence-corrected chi connectivity index (χ4v) is 1.88. The maximum absolute atomic E-state index is 11.8. The number of anilines is 1. The molecule has 3 nitrogen and oxygen atoms in total. The SMILES string of the molecule is Cc1ccc(NC(=O)Cc2ccc(Cl)c(Cl)c2)nc1. The van der Waals surface area contributed by atoms with E-state index in [0.717, 1.165) is 11.1 Å². The summed E-state index contributed by atoms with van der Waals surface area (Å²) in [6.45, 7) is 1.94. The smallest absolute Gasteiger partial charge is 0.229 e. The Morgan fingerprint density at radius 1 is 1.21 bits per heavy atom. The Hall–Kier alpha value is -1.58. The molecular formula is C14H12Cl2N2O. The van der Waals surface area contributed by atoms with E-state index in [0.29, 0.717) is 15.9 Å². The summed E-state index contributed by atoms with van der Waals surface area (Å²) in [5.74, 6) is 0.394. The second-order valence-electron chi connectivity index (χ2n) is 4.19. The predicted molar refractivity (Wildman–Crippen MR) is 77.8 cm³/mol. The van der Waals surface area contributed by atoms with Crippen LogP contribution in [0.4, 0.5) is 5.82 Å². The molecule has 0 saturated heterocycles. The van der Waals surface area contributed by atoms with Crippen LogP contribution < -0.4 is 5.32 Å². The molecule has 0 bridgehead atoms. The molecule has 5 heteroatoms. The number of rotatable bonds is 3. The van der Waals surface area contributed by atoms with E-state index < -0.39 is 0 Å². The van der Waals surface area contributed by atoms with Gasteiger partial charge >= 0.3 is 0 Å². The van der Waals surface area contributed by atoms with Gasteiger partial charge in [0.25, 0.3) is 0 Å². The molecule has 0 fully saturated rings. The normalized spacial score (nSPS) is 10.3. The van der Waals surface area contributed by atoms with Gasteiger partial charge in [-0.05, 0) is 36.2 Å². The summed E-state index contributed by atoms with van der Waals surface area (Å²) in [6, 6.07) is 8.79. The van der Waals surface area contributed by atoms with E-state index >= 15 is 0 Å². The number of carbonyl (C=O) groups excluding carboxylic acids is 1. The second kappa shape index (κ2) is 6.04. The summed E-state index contributed by atoms with van der Waals surface area (Å²) < 4.78 is 0. The molecule has 1 aromatic heterocycles. The van der Waals surface area contributed by atoms with Gasteiger partial charge in [-0.25, -0.2) is 4.98 Å². The fraction of sp³-hybridized carbons (Fsp3) is 0.143. The fourth-order valence-electron chi connectivity index (χ4n) is 1.56. The first-order chi connectivity index (χ1) is 9.04. The minimum atomic E-state index is -0.144. The minimum Gasteiger partial charge on any atom is -0.310 e. The van der Waals surface area contributed by atoms with Gasteiger partial charge in [0.15, 0.2) is 0 Å². The molecule has 0 aliphatic rings. The van der Waals surface area contributed by atoms with E-state index in [1.54, 1.807) is 30.5 Å². The van der Waals surface area contributed by atoms with Crippen molar-refractivity contribution >= 4 is 34.9 Å². The number of hydrogen-bond donors (Lipinski definition) is 1. The highest BCUT2D eigenvalue weighted by atomic mass is 35.5. The average Bonchev–Trinajstić information content (AvgIpc) is 2.37. The maximum atomic E-state index is 11.8. The molecule has 1 aromatic carbocycles. The standard InChI is InChI=1S/C14H12Cl2N2O/c1-9-2-5-13(17-8-9)18-14(19)7-10-3-4-11(15)12(16)6-10/h2-6,8H,7H2,1H3,(H,17,18,19). The van der Waals surface area contributed by atoms with Crippen molar-refractivity contribution in [2.75, 3.05) is 5.32 Å². The van der Waals surface area contributed by atoms with Crippen LogP contribution in [-0.4, -0.2) is 10.9 Å². The Bertz CT molecular complexity index is 597. The van der Waals surface area contributed by atoms with Crippen molar-refractivity contribution in [3.8, 4) is 0 Å². The van der Waals surface area contributed by atoms with Crippen molar-refractivity contribution in [3.05, 3.63) is 57.7 Å². The minimum absolute atomic E-state index is 0.144. The van der Waals surface area contributed by atoms with Crippen LogP contribution in [-0.2, 0) is 11.2 Å². The number of halogens is 2. The zero-order valence-corrected chi connectivity index (χ0v) is 11.8. The van der Waals surface area contributed by atoms with Crippen LogP contribution in [0.3, 0.4) is 0 Å². The lowest BCUT2D eigenvalue weighted by atomic mass is 10.1. The number of carbonyl (C=O) groups is 1. The van der Waals surface area contributed by atoms with Crippen molar-refractivity contribution < 1.29 is 4.79 Å². The molecule has 0 radical (unpaired) electrons. The summed E-state index contributed by atoms with van der Waals surface area (Å²) in [5.41, 5.74) is 1.85. The Morgan fingerprint density at radius 3 is 2.63 bits per heavy atom. The molecular weight excluding hydrogens is 283 g/mol. The molecule has 0 aliphatic carbocycles. The van der Waals surface area contributed by atoms with Gasteiger partial charge in [-0.15, -0.1) is 0 Å². The first-order valence-corrected chi connectivity index (χ1v) is 6.46. The van der Waals surface area contributed by atoms with Gasteiger partial charge in [-0.2, -0.15) is 0 Å². The third-order valence-electron chi connectivity index (χ3n) is 2.53. The monoisotopic (exact) mass is 294 g/mol. The lowest BCUT2D eigenvalue weighted by Gasteiger charge is -2.05. The lowest BCUT2D eigenvalue weighted by Crippen LogP contribution is -2.15. The number of hydrogen-bond acceptors (Lipinski definition) is 2. The quantitative estimate of drug-likeness (QED) is 0.933. The van der Waals surface area contributed by atoms with Gasteiger partial charge in [0.2, 0.25) is 5.91 Å². The number of amides is 1. The molecule has 1 amide bonds. The van der Waals surface area contributed by atoms with Crippen LogP contribution in [0.25, 0.3) is 0 Å². The van der Waals surface area contributed by atoms with Gasteiger partial charge in [0.05, 0.1) is 16.5 Å². The van der Waals surface area contributed by atoms with Gasteiger partial charge in [0.1, 0.15) is 5.82 Å². The lowest BCUT2D eigenvalue weighted by molar-refractivity contribution is -0.115. The van der Waals surface area contributed by atoms with Gasteiger partial charge in [-0.1, -0.05) is 35.3 Å². The molecule has 0 aliphatic heterocycles. The van der Waals surface area contributed by atoms with Crippen LogP contribution in [0, 0.1) is 6.92 Å². The number of pyridine rings is 1. The zero-order valence-electron chi connectivity index (χ0n) is 10.3. The summed E-state index contributed by atoms with van der Waals surface area (Å²) in [4.78, 5) is 15.9. The van der Waals surface area contributed by atoms with Crippen molar-refractivity contribution in [3.63, 3.8) is 0 Å². The third-order valence-corrected chi connectivity index (χ3v) is 3.27. The van der Waals surface area contributed by atoms with Crippen LogP contribution in [0.5, 0.6) is 0 Å². The van der Waals surface area contributed by atoms with Gasteiger partial charge in [0, 0.05) is 6.20 Å². The summed E-state index contributed by atoms with van der Waals surface area (Å²) >= 11 is 11.7. The summed E-state index contributed by atoms with van der Waals surface area (Å²) in [7, 11) is 0. The summed E-state index contributed by atoms with van der Waals surface area (Å²) in [5, 5.41) is 3.65. The summed E-state index contributed by atoms with van der Waals surface area (Å²) in [6.07, 6.45) is 1.93. The van der Waals surface area contributed by atoms with Gasteiger partial charge < -0.3 is 5.32 Å².